The van der Waals surface area contributed by atoms with Crippen LogP contribution in [0.25, 0.3) is 11.1 Å². The molecule has 1 atom stereocenters. The summed E-state index contributed by atoms with van der Waals surface area (Å²) in [5.41, 5.74) is 8.19. The topological polar surface area (TPSA) is 81.8 Å². The van der Waals surface area contributed by atoms with Crippen LogP contribution in [0.15, 0.2) is 72.8 Å². The zero-order chi connectivity index (χ0) is 20.6. The first-order chi connectivity index (χ1) is 14.0. The molecule has 0 amide bonds. The maximum Gasteiger partial charge on any atom is 0.322 e. The van der Waals surface area contributed by atoms with E-state index in [0.29, 0.717) is 29.0 Å². The van der Waals surface area contributed by atoms with Gasteiger partial charge in [-0.15, -0.1) is 0 Å². The van der Waals surface area contributed by atoms with Gasteiger partial charge in [-0.25, -0.2) is 4.39 Å². The number of benzene rings is 3. The highest BCUT2D eigenvalue weighted by Crippen LogP contribution is 2.29. The van der Waals surface area contributed by atoms with E-state index in [0.717, 1.165) is 5.56 Å². The lowest BCUT2D eigenvalue weighted by Gasteiger charge is -2.13. The summed E-state index contributed by atoms with van der Waals surface area (Å²) >= 11 is 0. The number of halogens is 1. The summed E-state index contributed by atoms with van der Waals surface area (Å²) in [6.07, 6.45) is 0. The van der Waals surface area contributed by atoms with E-state index in [4.69, 9.17) is 20.3 Å². The molecule has 0 bridgehead atoms. The summed E-state index contributed by atoms with van der Waals surface area (Å²) in [7, 11) is 0. The minimum absolute atomic E-state index is 0.0559. The van der Waals surface area contributed by atoms with Crippen molar-refractivity contribution >= 4 is 5.97 Å². The predicted octanol–water partition coefficient (Wildman–Crippen LogP) is 4.00. The number of rotatable bonds is 9. The molecule has 3 aromatic rings. The summed E-state index contributed by atoms with van der Waals surface area (Å²) in [6.45, 7) is 0.348. The third-order valence-electron chi connectivity index (χ3n) is 4.36. The fourth-order valence-corrected chi connectivity index (χ4v) is 2.84. The first-order valence-electron chi connectivity index (χ1n) is 9.15. The van der Waals surface area contributed by atoms with Crippen LogP contribution in [0.5, 0.6) is 5.75 Å². The van der Waals surface area contributed by atoms with Crippen molar-refractivity contribution in [2.45, 2.75) is 19.3 Å². The van der Waals surface area contributed by atoms with Crippen LogP contribution >= 0.6 is 0 Å². The van der Waals surface area contributed by atoms with Crippen LogP contribution in [0, 0.1) is 5.82 Å². The molecule has 0 saturated heterocycles. The summed E-state index contributed by atoms with van der Waals surface area (Å²) in [5.74, 6) is -0.846. The Morgan fingerprint density at radius 3 is 2.38 bits per heavy atom. The van der Waals surface area contributed by atoms with E-state index in [9.17, 15) is 9.18 Å². The summed E-state index contributed by atoms with van der Waals surface area (Å²) in [4.78, 5) is 10.8. The molecule has 0 aromatic heterocycles. The Morgan fingerprint density at radius 1 is 0.966 bits per heavy atom. The number of carbonyl (C=O) groups is 1. The van der Waals surface area contributed by atoms with Crippen molar-refractivity contribution in [1.29, 1.82) is 0 Å². The van der Waals surface area contributed by atoms with Crippen LogP contribution < -0.4 is 10.5 Å². The average Bonchev–Trinajstić information content (AvgIpc) is 2.73. The Labute approximate surface area is 168 Å². The van der Waals surface area contributed by atoms with Crippen molar-refractivity contribution in [2.75, 3.05) is 6.61 Å². The van der Waals surface area contributed by atoms with Gasteiger partial charge in [-0.3, -0.25) is 4.79 Å². The van der Waals surface area contributed by atoms with Crippen LogP contribution in [0.4, 0.5) is 4.39 Å². The van der Waals surface area contributed by atoms with Gasteiger partial charge in [0.1, 0.15) is 24.2 Å². The number of hydrogen-bond acceptors (Lipinski definition) is 4. The fourth-order valence-electron chi connectivity index (χ4n) is 2.84. The number of aliphatic carboxylic acids is 1. The van der Waals surface area contributed by atoms with E-state index in [1.807, 2.05) is 30.3 Å². The highest BCUT2D eigenvalue weighted by Gasteiger charge is 2.14. The molecular weight excluding hydrogens is 373 g/mol. The molecule has 0 aliphatic heterocycles. The predicted molar refractivity (Wildman–Crippen MR) is 108 cm³/mol. The Bertz CT molecular complexity index is 945. The highest BCUT2D eigenvalue weighted by molar-refractivity contribution is 5.73. The molecule has 3 N–H and O–H groups in total. The number of ether oxygens (including phenoxy) is 2. The molecule has 0 spiro atoms. The SMILES string of the molecule is N[C@@H](COCc1cccc(F)c1-c1ccc(OCc2ccccc2)cc1)C(=O)O. The smallest absolute Gasteiger partial charge is 0.322 e. The van der Waals surface area contributed by atoms with Crippen molar-refractivity contribution in [3.63, 3.8) is 0 Å². The standard InChI is InChI=1S/C23H22FNO4/c24-20-8-4-7-18(14-28-15-21(25)23(26)27)22(20)17-9-11-19(12-10-17)29-13-16-5-2-1-3-6-16/h1-12,21H,13-15,25H2,(H,26,27)/t21-/m0/s1. The Balaban J connectivity index is 1.70. The molecule has 0 fully saturated rings. The third kappa shape index (κ3) is 5.63. The van der Waals surface area contributed by atoms with Gasteiger partial charge in [0, 0.05) is 5.56 Å². The molecule has 3 aromatic carbocycles. The normalized spacial score (nSPS) is 11.8. The second-order valence-corrected chi connectivity index (χ2v) is 6.53. The molecule has 0 unspecified atom stereocenters. The minimum Gasteiger partial charge on any atom is -0.489 e. The second kappa shape index (κ2) is 9.82. The van der Waals surface area contributed by atoms with Crippen LogP contribution in [-0.4, -0.2) is 23.7 Å². The van der Waals surface area contributed by atoms with Gasteiger partial charge in [-0.1, -0.05) is 54.6 Å². The second-order valence-electron chi connectivity index (χ2n) is 6.53. The highest BCUT2D eigenvalue weighted by atomic mass is 19.1. The van der Waals surface area contributed by atoms with E-state index < -0.39 is 12.0 Å². The van der Waals surface area contributed by atoms with E-state index in [-0.39, 0.29) is 19.0 Å². The minimum atomic E-state index is -1.14. The Morgan fingerprint density at radius 2 is 1.69 bits per heavy atom. The van der Waals surface area contributed by atoms with Crippen molar-refractivity contribution in [3.8, 4) is 16.9 Å². The maximum absolute atomic E-state index is 14.5. The molecule has 29 heavy (non-hydrogen) atoms. The molecule has 6 heteroatoms. The van der Waals surface area contributed by atoms with E-state index in [1.165, 1.54) is 6.07 Å². The number of hydrogen-bond donors (Lipinski definition) is 2. The maximum atomic E-state index is 14.5. The zero-order valence-corrected chi connectivity index (χ0v) is 15.8. The molecule has 150 valence electrons. The Hall–Kier alpha value is -3.22. The van der Waals surface area contributed by atoms with Gasteiger partial charge in [0.05, 0.1) is 13.2 Å². The van der Waals surface area contributed by atoms with Crippen molar-refractivity contribution in [3.05, 3.63) is 89.7 Å². The quantitative estimate of drug-likeness (QED) is 0.572. The number of nitrogens with two attached hydrogens (primary N) is 1. The molecule has 0 radical (unpaired) electrons. The summed E-state index contributed by atoms with van der Waals surface area (Å²) in [5, 5.41) is 8.82. The molecule has 0 heterocycles. The van der Waals surface area contributed by atoms with E-state index >= 15 is 0 Å². The average molecular weight is 395 g/mol. The lowest BCUT2D eigenvalue weighted by molar-refractivity contribution is -0.140. The number of carboxylic acid groups (broad SMARTS) is 1. The molecule has 0 aliphatic rings. The summed E-state index contributed by atoms with van der Waals surface area (Å²) in [6, 6.07) is 20.5. The third-order valence-corrected chi connectivity index (χ3v) is 4.36. The summed E-state index contributed by atoms with van der Waals surface area (Å²) < 4.78 is 25.7. The lowest BCUT2D eigenvalue weighted by atomic mass is 9.99. The van der Waals surface area contributed by atoms with Crippen LogP contribution in [0.1, 0.15) is 11.1 Å². The van der Waals surface area contributed by atoms with E-state index in [2.05, 4.69) is 0 Å². The Kier molecular flexibility index (Phi) is 6.94. The zero-order valence-electron chi connectivity index (χ0n) is 15.8. The van der Waals surface area contributed by atoms with E-state index in [1.54, 1.807) is 36.4 Å². The molecule has 0 saturated carbocycles. The first kappa shape index (κ1) is 20.5. The molecule has 0 aliphatic carbocycles. The largest absolute Gasteiger partial charge is 0.489 e. The molecule has 5 nitrogen and oxygen atoms in total. The van der Waals surface area contributed by atoms with Gasteiger partial charge in [-0.2, -0.15) is 0 Å². The van der Waals surface area contributed by atoms with Crippen molar-refractivity contribution in [1.82, 2.24) is 0 Å². The molecule has 3 rings (SSSR count). The van der Waals surface area contributed by atoms with Crippen molar-refractivity contribution in [2.24, 2.45) is 5.73 Å². The van der Waals surface area contributed by atoms with Gasteiger partial charge < -0.3 is 20.3 Å². The first-order valence-corrected chi connectivity index (χ1v) is 9.15. The van der Waals surface area contributed by atoms with Crippen molar-refractivity contribution < 1.29 is 23.8 Å². The van der Waals surface area contributed by atoms with Gasteiger partial charge in [0.15, 0.2) is 0 Å². The fraction of sp³-hybridized carbons (Fsp3) is 0.174. The molecular formula is C23H22FNO4. The monoisotopic (exact) mass is 395 g/mol. The van der Waals surface area contributed by atoms with Crippen LogP contribution in [0.2, 0.25) is 0 Å². The van der Waals surface area contributed by atoms with Gasteiger partial charge in [0.2, 0.25) is 0 Å². The lowest BCUT2D eigenvalue weighted by Crippen LogP contribution is -2.34. The van der Waals surface area contributed by atoms with Gasteiger partial charge >= 0.3 is 5.97 Å². The van der Waals surface area contributed by atoms with Crippen LogP contribution in [0.3, 0.4) is 0 Å². The number of carboxylic acids is 1. The van der Waals surface area contributed by atoms with Crippen LogP contribution in [-0.2, 0) is 22.7 Å². The van der Waals surface area contributed by atoms with Gasteiger partial charge in [0.25, 0.3) is 0 Å². The van der Waals surface area contributed by atoms with Gasteiger partial charge in [-0.05, 0) is 34.9 Å².